The molecule has 0 saturated heterocycles. The van der Waals surface area contributed by atoms with Gasteiger partial charge in [0.15, 0.2) is 0 Å². The molecule has 0 bridgehead atoms. The first-order valence-electron chi connectivity index (χ1n) is 7.25. The number of benzene rings is 1. The van der Waals surface area contributed by atoms with Gasteiger partial charge >= 0.3 is 5.97 Å². The predicted octanol–water partition coefficient (Wildman–Crippen LogP) is 1.92. The Hall–Kier alpha value is -1.39. The molecule has 0 heterocycles. The van der Waals surface area contributed by atoms with Crippen LogP contribution in [0.3, 0.4) is 0 Å². The molecule has 0 amide bonds. The summed E-state index contributed by atoms with van der Waals surface area (Å²) in [6.45, 7) is 1.85. The third-order valence-electron chi connectivity index (χ3n) is 4.19. The summed E-state index contributed by atoms with van der Waals surface area (Å²) in [6.07, 6.45) is 3.20. The molecular formula is C16H24N2O2. The van der Waals surface area contributed by atoms with Crippen molar-refractivity contribution in [3.63, 3.8) is 0 Å². The van der Waals surface area contributed by atoms with E-state index in [0.29, 0.717) is 6.42 Å². The van der Waals surface area contributed by atoms with Crippen LogP contribution in [-0.4, -0.2) is 43.2 Å². The highest BCUT2D eigenvalue weighted by Gasteiger charge is 2.38. The normalized spacial score (nSPS) is 17.9. The van der Waals surface area contributed by atoms with Gasteiger partial charge in [0.05, 0.1) is 0 Å². The zero-order valence-electron chi connectivity index (χ0n) is 12.3. The second-order valence-electron chi connectivity index (χ2n) is 5.78. The van der Waals surface area contributed by atoms with Crippen molar-refractivity contribution in [3.05, 3.63) is 35.9 Å². The summed E-state index contributed by atoms with van der Waals surface area (Å²) in [5.74, 6) is 0.0107. The van der Waals surface area contributed by atoms with E-state index in [4.69, 9.17) is 0 Å². The third-order valence-corrected chi connectivity index (χ3v) is 4.19. The number of carboxylic acids is 1. The minimum Gasteiger partial charge on any atom is -0.480 e. The van der Waals surface area contributed by atoms with E-state index in [0.717, 1.165) is 24.6 Å². The Morgan fingerprint density at radius 2 is 2.05 bits per heavy atom. The van der Waals surface area contributed by atoms with E-state index in [-0.39, 0.29) is 0 Å². The average Bonchev–Trinajstić information content (AvgIpc) is 3.25. The van der Waals surface area contributed by atoms with Crippen LogP contribution in [0.1, 0.15) is 24.8 Å². The van der Waals surface area contributed by atoms with Gasteiger partial charge in [0.1, 0.15) is 5.54 Å². The van der Waals surface area contributed by atoms with E-state index in [2.05, 4.69) is 17.3 Å². The van der Waals surface area contributed by atoms with Crippen molar-refractivity contribution in [2.75, 3.05) is 27.2 Å². The molecule has 4 nitrogen and oxygen atoms in total. The summed E-state index contributed by atoms with van der Waals surface area (Å²) in [5.41, 5.74) is -0.186. The van der Waals surface area contributed by atoms with Crippen molar-refractivity contribution in [3.8, 4) is 0 Å². The molecule has 1 saturated carbocycles. The van der Waals surface area contributed by atoms with Crippen LogP contribution >= 0.6 is 0 Å². The second-order valence-corrected chi connectivity index (χ2v) is 5.78. The number of likely N-dealkylation sites (N-methyl/N-ethyl adjacent to an activating group) is 1. The second kappa shape index (κ2) is 6.37. The predicted molar refractivity (Wildman–Crippen MR) is 79.7 cm³/mol. The maximum Gasteiger partial charge on any atom is 0.328 e. The zero-order valence-corrected chi connectivity index (χ0v) is 12.3. The van der Waals surface area contributed by atoms with E-state index >= 15 is 0 Å². The Labute approximate surface area is 120 Å². The monoisotopic (exact) mass is 276 g/mol. The van der Waals surface area contributed by atoms with Gasteiger partial charge in [-0.3, -0.25) is 0 Å². The molecule has 0 radical (unpaired) electrons. The van der Waals surface area contributed by atoms with Gasteiger partial charge in [-0.2, -0.15) is 0 Å². The van der Waals surface area contributed by atoms with Gasteiger partial charge in [0.2, 0.25) is 0 Å². The fourth-order valence-electron chi connectivity index (χ4n) is 2.66. The number of rotatable bonds is 8. The highest BCUT2D eigenvalue weighted by molar-refractivity contribution is 5.80. The van der Waals surface area contributed by atoms with Crippen LogP contribution in [0.4, 0.5) is 0 Å². The number of nitrogens with one attached hydrogen (secondary N) is 1. The highest BCUT2D eigenvalue weighted by Crippen LogP contribution is 2.30. The Kier molecular flexibility index (Phi) is 4.78. The van der Waals surface area contributed by atoms with Gasteiger partial charge in [0.25, 0.3) is 0 Å². The third kappa shape index (κ3) is 3.38. The maximum absolute atomic E-state index is 11.8. The van der Waals surface area contributed by atoms with Crippen LogP contribution < -0.4 is 5.32 Å². The number of aliphatic carboxylic acids is 1. The molecule has 1 aromatic carbocycles. The van der Waals surface area contributed by atoms with Gasteiger partial charge in [-0.05, 0) is 44.8 Å². The van der Waals surface area contributed by atoms with Gasteiger partial charge in [-0.25, -0.2) is 4.79 Å². The molecule has 1 aliphatic rings. The van der Waals surface area contributed by atoms with Gasteiger partial charge in [-0.15, -0.1) is 0 Å². The van der Waals surface area contributed by atoms with Crippen LogP contribution in [0.2, 0.25) is 0 Å². The first-order valence-corrected chi connectivity index (χ1v) is 7.25. The van der Waals surface area contributed by atoms with E-state index in [1.165, 1.54) is 12.8 Å². The topological polar surface area (TPSA) is 52.6 Å². The molecule has 1 aliphatic carbocycles. The van der Waals surface area contributed by atoms with Crippen LogP contribution in [0.25, 0.3) is 0 Å². The van der Waals surface area contributed by atoms with Crippen molar-refractivity contribution in [1.82, 2.24) is 10.2 Å². The van der Waals surface area contributed by atoms with Crippen molar-refractivity contribution >= 4 is 5.97 Å². The van der Waals surface area contributed by atoms with Crippen molar-refractivity contribution < 1.29 is 9.90 Å². The molecule has 1 atom stereocenters. The molecule has 1 aromatic rings. The standard InChI is InChI=1S/C16H24N2O2/c1-17-16(15(19)20,14-6-4-3-5-7-14)10-11-18(2)12-13-8-9-13/h3-7,13,17H,8-12H2,1-2H3,(H,19,20). The molecule has 0 aliphatic heterocycles. The summed E-state index contributed by atoms with van der Waals surface area (Å²) < 4.78 is 0. The first-order chi connectivity index (χ1) is 9.58. The van der Waals surface area contributed by atoms with Crippen LogP contribution in [0, 0.1) is 5.92 Å². The van der Waals surface area contributed by atoms with Crippen LogP contribution in [0.15, 0.2) is 30.3 Å². The minimum absolute atomic E-state index is 0.562. The maximum atomic E-state index is 11.8. The van der Waals surface area contributed by atoms with E-state index in [9.17, 15) is 9.90 Å². The number of carboxylic acid groups (broad SMARTS) is 1. The van der Waals surface area contributed by atoms with Crippen molar-refractivity contribution in [2.24, 2.45) is 5.92 Å². The van der Waals surface area contributed by atoms with Crippen LogP contribution in [-0.2, 0) is 10.3 Å². The number of nitrogens with zero attached hydrogens (tertiary/aromatic N) is 1. The quantitative estimate of drug-likeness (QED) is 0.761. The first kappa shape index (κ1) is 15.0. The summed E-state index contributed by atoms with van der Waals surface area (Å²) in [4.78, 5) is 14.1. The summed E-state index contributed by atoms with van der Waals surface area (Å²) in [7, 11) is 3.80. The fraction of sp³-hybridized carbons (Fsp3) is 0.562. The van der Waals surface area contributed by atoms with E-state index < -0.39 is 11.5 Å². The molecule has 110 valence electrons. The van der Waals surface area contributed by atoms with Crippen molar-refractivity contribution in [1.29, 1.82) is 0 Å². The molecule has 0 spiro atoms. The van der Waals surface area contributed by atoms with Gasteiger partial charge in [0, 0.05) is 13.1 Å². The summed E-state index contributed by atoms with van der Waals surface area (Å²) in [5, 5.41) is 12.7. The number of hydrogen-bond acceptors (Lipinski definition) is 3. The summed E-state index contributed by atoms with van der Waals surface area (Å²) in [6, 6.07) is 9.44. The largest absolute Gasteiger partial charge is 0.480 e. The molecule has 1 fully saturated rings. The molecule has 20 heavy (non-hydrogen) atoms. The lowest BCUT2D eigenvalue weighted by molar-refractivity contribution is -0.145. The average molecular weight is 276 g/mol. The Balaban J connectivity index is 2.08. The highest BCUT2D eigenvalue weighted by atomic mass is 16.4. The summed E-state index contributed by atoms with van der Waals surface area (Å²) >= 11 is 0. The molecule has 0 aromatic heterocycles. The fourth-order valence-corrected chi connectivity index (χ4v) is 2.66. The Bertz CT molecular complexity index is 445. The van der Waals surface area contributed by atoms with E-state index in [1.54, 1.807) is 7.05 Å². The van der Waals surface area contributed by atoms with Gasteiger partial charge < -0.3 is 15.3 Å². The molecule has 2 N–H and O–H groups in total. The smallest absolute Gasteiger partial charge is 0.328 e. The molecule has 4 heteroatoms. The lowest BCUT2D eigenvalue weighted by atomic mass is 9.86. The van der Waals surface area contributed by atoms with Crippen LogP contribution in [0.5, 0.6) is 0 Å². The zero-order chi connectivity index (χ0) is 14.6. The molecule has 2 rings (SSSR count). The lowest BCUT2D eigenvalue weighted by Gasteiger charge is -2.31. The minimum atomic E-state index is -1.00. The number of carbonyl (C=O) groups is 1. The number of hydrogen-bond donors (Lipinski definition) is 2. The molecule has 1 unspecified atom stereocenters. The van der Waals surface area contributed by atoms with Crippen molar-refractivity contribution in [2.45, 2.75) is 24.8 Å². The SMILES string of the molecule is CNC(CCN(C)CC1CC1)(C(=O)O)c1ccccc1. The van der Waals surface area contributed by atoms with E-state index in [1.807, 2.05) is 30.3 Å². The Morgan fingerprint density at radius 3 is 2.55 bits per heavy atom. The van der Waals surface area contributed by atoms with Gasteiger partial charge in [-0.1, -0.05) is 30.3 Å². The lowest BCUT2D eigenvalue weighted by Crippen LogP contribution is -2.49. The molecular weight excluding hydrogens is 252 g/mol. The Morgan fingerprint density at radius 1 is 1.40 bits per heavy atom.